The molecule has 2 atom stereocenters. The standard InChI is InChI=1S/C17H32N4O/c1-2-15-5-3-4-8-21(15)17(22)14-19-9-11-20(12-10-19)16-6-7-18-13-16/h15-16,18H,2-14H2,1H3. The Morgan fingerprint density at radius 1 is 1.09 bits per heavy atom. The van der Waals surface area contributed by atoms with E-state index in [0.29, 0.717) is 18.5 Å². The summed E-state index contributed by atoms with van der Waals surface area (Å²) in [7, 11) is 0. The fraction of sp³-hybridized carbons (Fsp3) is 0.941. The summed E-state index contributed by atoms with van der Waals surface area (Å²) in [6, 6.07) is 1.22. The first-order valence-electron chi connectivity index (χ1n) is 9.24. The van der Waals surface area contributed by atoms with Gasteiger partial charge < -0.3 is 10.2 Å². The maximum absolute atomic E-state index is 12.6. The molecule has 0 aromatic carbocycles. The summed E-state index contributed by atoms with van der Waals surface area (Å²) in [5, 5.41) is 3.45. The van der Waals surface area contributed by atoms with Gasteiger partial charge in [-0.05, 0) is 38.6 Å². The normalized spacial score (nSPS) is 31.6. The molecule has 22 heavy (non-hydrogen) atoms. The first-order chi connectivity index (χ1) is 10.8. The van der Waals surface area contributed by atoms with Gasteiger partial charge in [0.05, 0.1) is 6.54 Å². The lowest BCUT2D eigenvalue weighted by atomic mass is 10.00. The van der Waals surface area contributed by atoms with Crippen LogP contribution in [0.4, 0.5) is 0 Å². The van der Waals surface area contributed by atoms with Gasteiger partial charge in [-0.1, -0.05) is 6.92 Å². The number of hydrogen-bond acceptors (Lipinski definition) is 4. The maximum Gasteiger partial charge on any atom is 0.236 e. The third-order valence-corrected chi connectivity index (χ3v) is 5.74. The van der Waals surface area contributed by atoms with Crippen molar-refractivity contribution in [1.29, 1.82) is 0 Å². The molecule has 0 saturated carbocycles. The second-order valence-electron chi connectivity index (χ2n) is 7.10. The van der Waals surface area contributed by atoms with Crippen molar-refractivity contribution in [2.75, 3.05) is 52.4 Å². The Kier molecular flexibility index (Phi) is 5.71. The van der Waals surface area contributed by atoms with Crippen molar-refractivity contribution in [2.45, 2.75) is 51.1 Å². The SMILES string of the molecule is CCC1CCCCN1C(=O)CN1CCN(C2CCNC2)CC1. The van der Waals surface area contributed by atoms with Crippen LogP contribution in [0.2, 0.25) is 0 Å². The van der Waals surface area contributed by atoms with E-state index < -0.39 is 0 Å². The van der Waals surface area contributed by atoms with Gasteiger partial charge in [0, 0.05) is 51.4 Å². The Labute approximate surface area is 135 Å². The third kappa shape index (κ3) is 3.81. The first kappa shape index (κ1) is 16.2. The highest BCUT2D eigenvalue weighted by molar-refractivity contribution is 5.78. The van der Waals surface area contributed by atoms with Gasteiger partial charge in [0.1, 0.15) is 0 Å². The van der Waals surface area contributed by atoms with Gasteiger partial charge in [-0.25, -0.2) is 0 Å². The minimum absolute atomic E-state index is 0.363. The van der Waals surface area contributed by atoms with Gasteiger partial charge in [-0.2, -0.15) is 0 Å². The van der Waals surface area contributed by atoms with E-state index in [1.165, 1.54) is 25.7 Å². The Balaban J connectivity index is 1.44. The van der Waals surface area contributed by atoms with E-state index in [1.54, 1.807) is 0 Å². The second kappa shape index (κ2) is 7.75. The number of rotatable bonds is 4. The van der Waals surface area contributed by atoms with Crippen molar-refractivity contribution in [2.24, 2.45) is 0 Å². The van der Waals surface area contributed by atoms with Gasteiger partial charge >= 0.3 is 0 Å². The van der Waals surface area contributed by atoms with Crippen molar-refractivity contribution < 1.29 is 4.79 Å². The predicted octanol–water partition coefficient (Wildman–Crippen LogP) is 0.757. The molecule has 5 nitrogen and oxygen atoms in total. The molecule has 2 unspecified atom stereocenters. The second-order valence-corrected chi connectivity index (χ2v) is 7.10. The van der Waals surface area contributed by atoms with Crippen LogP contribution in [0, 0.1) is 0 Å². The summed E-state index contributed by atoms with van der Waals surface area (Å²) in [6.45, 7) is 10.5. The molecule has 5 heteroatoms. The van der Waals surface area contributed by atoms with E-state index in [-0.39, 0.29) is 0 Å². The van der Waals surface area contributed by atoms with Crippen molar-refractivity contribution in [3.8, 4) is 0 Å². The molecule has 1 N–H and O–H groups in total. The van der Waals surface area contributed by atoms with Crippen LogP contribution in [0.1, 0.15) is 39.0 Å². The predicted molar refractivity (Wildman–Crippen MR) is 88.9 cm³/mol. The number of nitrogens with one attached hydrogen (secondary N) is 1. The Morgan fingerprint density at radius 2 is 1.91 bits per heavy atom. The minimum atomic E-state index is 0.363. The van der Waals surface area contributed by atoms with Crippen molar-refractivity contribution in [3.63, 3.8) is 0 Å². The molecule has 126 valence electrons. The number of piperazine rings is 1. The largest absolute Gasteiger partial charge is 0.339 e. The third-order valence-electron chi connectivity index (χ3n) is 5.74. The number of likely N-dealkylation sites (tertiary alicyclic amines) is 1. The number of hydrogen-bond donors (Lipinski definition) is 1. The molecule has 0 spiro atoms. The fourth-order valence-electron chi connectivity index (χ4n) is 4.27. The molecular formula is C17H32N4O. The molecule has 3 rings (SSSR count). The van der Waals surface area contributed by atoms with Crippen LogP contribution in [-0.2, 0) is 4.79 Å². The lowest BCUT2D eigenvalue weighted by Gasteiger charge is -2.40. The van der Waals surface area contributed by atoms with Crippen LogP contribution in [-0.4, -0.2) is 85.0 Å². The monoisotopic (exact) mass is 308 g/mol. The molecule has 0 aliphatic carbocycles. The highest BCUT2D eigenvalue weighted by Crippen LogP contribution is 2.20. The van der Waals surface area contributed by atoms with E-state index in [1.807, 2.05) is 0 Å². The maximum atomic E-state index is 12.6. The molecule has 3 aliphatic rings. The Morgan fingerprint density at radius 3 is 2.59 bits per heavy atom. The van der Waals surface area contributed by atoms with Crippen LogP contribution in [0.25, 0.3) is 0 Å². The summed E-state index contributed by atoms with van der Waals surface area (Å²) in [5.74, 6) is 0.363. The quantitative estimate of drug-likeness (QED) is 0.832. The van der Waals surface area contributed by atoms with Gasteiger partial charge in [-0.3, -0.25) is 14.6 Å². The van der Waals surface area contributed by atoms with Crippen LogP contribution >= 0.6 is 0 Å². The van der Waals surface area contributed by atoms with E-state index in [2.05, 4.69) is 26.9 Å². The summed E-state index contributed by atoms with van der Waals surface area (Å²) < 4.78 is 0. The highest BCUT2D eigenvalue weighted by atomic mass is 16.2. The zero-order chi connectivity index (χ0) is 15.4. The van der Waals surface area contributed by atoms with E-state index in [9.17, 15) is 4.79 Å². The Bertz CT molecular complexity index is 362. The van der Waals surface area contributed by atoms with Crippen LogP contribution < -0.4 is 5.32 Å². The number of piperidine rings is 1. The molecule has 0 aromatic heterocycles. The zero-order valence-corrected chi connectivity index (χ0v) is 14.1. The number of nitrogens with zero attached hydrogens (tertiary/aromatic N) is 3. The van der Waals surface area contributed by atoms with Crippen LogP contribution in [0.5, 0.6) is 0 Å². The lowest BCUT2D eigenvalue weighted by Crippen LogP contribution is -2.54. The van der Waals surface area contributed by atoms with Gasteiger partial charge in [0.25, 0.3) is 0 Å². The molecule has 3 saturated heterocycles. The minimum Gasteiger partial charge on any atom is -0.339 e. The van der Waals surface area contributed by atoms with Gasteiger partial charge in [-0.15, -0.1) is 0 Å². The van der Waals surface area contributed by atoms with Gasteiger partial charge in [0.15, 0.2) is 0 Å². The number of amides is 1. The van der Waals surface area contributed by atoms with Crippen molar-refractivity contribution >= 4 is 5.91 Å². The first-order valence-corrected chi connectivity index (χ1v) is 9.24. The van der Waals surface area contributed by atoms with Gasteiger partial charge in [0.2, 0.25) is 5.91 Å². The molecule has 0 bridgehead atoms. The summed E-state index contributed by atoms with van der Waals surface area (Å²) in [6.07, 6.45) is 6.06. The zero-order valence-electron chi connectivity index (χ0n) is 14.1. The van der Waals surface area contributed by atoms with E-state index >= 15 is 0 Å². The van der Waals surface area contributed by atoms with E-state index in [4.69, 9.17) is 0 Å². The smallest absolute Gasteiger partial charge is 0.236 e. The van der Waals surface area contributed by atoms with Crippen LogP contribution in [0.3, 0.4) is 0 Å². The van der Waals surface area contributed by atoms with Crippen molar-refractivity contribution in [3.05, 3.63) is 0 Å². The molecule has 3 fully saturated rings. The molecule has 1 amide bonds. The lowest BCUT2D eigenvalue weighted by molar-refractivity contribution is -0.136. The average molecular weight is 308 g/mol. The van der Waals surface area contributed by atoms with Crippen molar-refractivity contribution in [1.82, 2.24) is 20.0 Å². The molecule has 3 heterocycles. The molecular weight excluding hydrogens is 276 g/mol. The number of carbonyl (C=O) groups is 1. The highest BCUT2D eigenvalue weighted by Gasteiger charge is 2.29. The van der Waals surface area contributed by atoms with Crippen LogP contribution in [0.15, 0.2) is 0 Å². The summed E-state index contributed by atoms with van der Waals surface area (Å²) >= 11 is 0. The number of carbonyl (C=O) groups excluding carboxylic acids is 1. The Hall–Kier alpha value is -0.650. The average Bonchev–Trinajstić information content (AvgIpc) is 3.10. The van der Waals surface area contributed by atoms with E-state index in [0.717, 1.165) is 58.3 Å². The molecule has 3 aliphatic heterocycles. The fourth-order valence-corrected chi connectivity index (χ4v) is 4.27. The molecule has 0 radical (unpaired) electrons. The topological polar surface area (TPSA) is 38.8 Å². The summed E-state index contributed by atoms with van der Waals surface area (Å²) in [5.41, 5.74) is 0. The molecule has 0 aromatic rings. The summed E-state index contributed by atoms with van der Waals surface area (Å²) in [4.78, 5) is 19.8.